The summed E-state index contributed by atoms with van der Waals surface area (Å²) in [7, 11) is 0. The predicted octanol–water partition coefficient (Wildman–Crippen LogP) is 3.22. The van der Waals surface area contributed by atoms with E-state index in [2.05, 4.69) is 15.0 Å². The molecule has 0 radical (unpaired) electrons. The Bertz CT molecular complexity index is 1580. The number of anilines is 2. The average Bonchev–Trinajstić information content (AvgIpc) is 3.39. The number of benzene rings is 1. The third-order valence-electron chi connectivity index (χ3n) is 7.26. The van der Waals surface area contributed by atoms with Crippen molar-refractivity contribution in [1.29, 1.82) is 0 Å². The number of hydrogen-bond donors (Lipinski definition) is 0. The van der Waals surface area contributed by atoms with Gasteiger partial charge in [-0.25, -0.2) is 15.0 Å². The van der Waals surface area contributed by atoms with E-state index in [9.17, 15) is 22.8 Å². The van der Waals surface area contributed by atoms with Crippen molar-refractivity contribution in [3.8, 4) is 11.1 Å². The van der Waals surface area contributed by atoms with Gasteiger partial charge in [0.15, 0.2) is 0 Å². The highest BCUT2D eigenvalue weighted by atomic mass is 19.4. The predicted molar refractivity (Wildman–Crippen MR) is 144 cm³/mol. The molecule has 2 aliphatic heterocycles. The Morgan fingerprint density at radius 2 is 1.76 bits per heavy atom. The molecule has 2 saturated heterocycles. The normalized spacial score (nSPS) is 16.5. The second kappa shape index (κ2) is 10.8. The average molecular weight is 566 g/mol. The molecule has 0 spiro atoms. The summed E-state index contributed by atoms with van der Waals surface area (Å²) in [4.78, 5) is 44.2. The summed E-state index contributed by atoms with van der Waals surface area (Å²) in [5.41, 5.74) is 0.663. The fourth-order valence-corrected chi connectivity index (χ4v) is 5.10. The van der Waals surface area contributed by atoms with Crippen LogP contribution in [0.3, 0.4) is 0 Å². The van der Waals surface area contributed by atoms with E-state index in [-0.39, 0.29) is 37.6 Å². The van der Waals surface area contributed by atoms with Gasteiger partial charge in [0.05, 0.1) is 24.5 Å². The third kappa shape index (κ3) is 5.44. The number of hydrogen-bond acceptors (Lipinski definition) is 7. The van der Waals surface area contributed by atoms with Crippen LogP contribution in [-0.4, -0.2) is 82.2 Å². The van der Waals surface area contributed by atoms with Gasteiger partial charge >= 0.3 is 6.18 Å². The third-order valence-corrected chi connectivity index (χ3v) is 7.26. The first kappa shape index (κ1) is 26.7. The number of morpholine rings is 1. The van der Waals surface area contributed by atoms with E-state index in [1.807, 2.05) is 23.1 Å². The minimum atomic E-state index is -4.57. The lowest BCUT2D eigenvalue weighted by molar-refractivity contribution is -0.137. The van der Waals surface area contributed by atoms with Crippen LogP contribution in [0.2, 0.25) is 0 Å². The Kier molecular flexibility index (Phi) is 7.03. The van der Waals surface area contributed by atoms with Crippen molar-refractivity contribution >= 4 is 34.5 Å². The second-order valence-corrected chi connectivity index (χ2v) is 9.82. The van der Waals surface area contributed by atoms with Gasteiger partial charge < -0.3 is 24.0 Å². The van der Waals surface area contributed by atoms with Gasteiger partial charge in [0.1, 0.15) is 18.7 Å². The molecule has 0 bridgehead atoms. The highest BCUT2D eigenvalue weighted by Crippen LogP contribution is 2.38. The van der Waals surface area contributed by atoms with Crippen LogP contribution in [0.1, 0.15) is 5.56 Å². The molecule has 2 amide bonds. The molecule has 1 aromatic carbocycles. The quantitative estimate of drug-likeness (QED) is 0.367. The first-order chi connectivity index (χ1) is 19.8. The Labute approximate surface area is 233 Å². The molecular weight excluding hydrogens is 539 g/mol. The molecule has 0 saturated carbocycles. The van der Waals surface area contributed by atoms with E-state index < -0.39 is 17.6 Å². The number of ether oxygens (including phenoxy) is 1. The van der Waals surface area contributed by atoms with Gasteiger partial charge in [-0.3, -0.25) is 9.59 Å². The van der Waals surface area contributed by atoms with Crippen LogP contribution in [0.15, 0.2) is 61.2 Å². The van der Waals surface area contributed by atoms with Crippen molar-refractivity contribution < 1.29 is 27.5 Å². The maximum Gasteiger partial charge on any atom is 0.416 e. The fourth-order valence-electron chi connectivity index (χ4n) is 5.10. The zero-order valence-electron chi connectivity index (χ0n) is 21.9. The lowest BCUT2D eigenvalue weighted by Crippen LogP contribution is -2.53. The van der Waals surface area contributed by atoms with Crippen LogP contribution in [0.4, 0.5) is 24.8 Å². The van der Waals surface area contributed by atoms with Crippen LogP contribution in [0.5, 0.6) is 0 Å². The van der Waals surface area contributed by atoms with Gasteiger partial charge in [-0.05, 0) is 36.4 Å². The summed E-state index contributed by atoms with van der Waals surface area (Å²) in [6.45, 7) is 2.48. The summed E-state index contributed by atoms with van der Waals surface area (Å²) in [5, 5.41) is 0.901. The van der Waals surface area contributed by atoms with Gasteiger partial charge in [0.25, 0.3) is 0 Å². The summed E-state index contributed by atoms with van der Waals surface area (Å²) in [6, 6.07) is 8.83. The molecule has 41 heavy (non-hydrogen) atoms. The summed E-state index contributed by atoms with van der Waals surface area (Å²) in [5.74, 6) is -0.188. The highest BCUT2D eigenvalue weighted by Gasteiger charge is 2.34. The number of carbonyl (C=O) groups excluding carboxylic acids is 2. The second-order valence-electron chi connectivity index (χ2n) is 9.82. The number of halogens is 3. The minimum Gasteiger partial charge on any atom is -0.378 e. The number of carbonyl (C=O) groups is 2. The van der Waals surface area contributed by atoms with Crippen molar-refractivity contribution in [1.82, 2.24) is 24.4 Å². The molecule has 5 heterocycles. The van der Waals surface area contributed by atoms with E-state index in [1.165, 1.54) is 28.3 Å². The van der Waals surface area contributed by atoms with Crippen LogP contribution < -0.4 is 9.80 Å². The molecule has 2 aliphatic rings. The molecule has 212 valence electrons. The molecule has 0 aliphatic carbocycles. The largest absolute Gasteiger partial charge is 0.416 e. The van der Waals surface area contributed by atoms with Crippen molar-refractivity contribution in [2.75, 3.05) is 55.7 Å². The summed E-state index contributed by atoms with van der Waals surface area (Å²) < 4.78 is 48.0. The zero-order valence-corrected chi connectivity index (χ0v) is 21.9. The molecular formula is C28H26F3N7O3. The Hall–Kier alpha value is -4.52. The Morgan fingerprint density at radius 1 is 0.976 bits per heavy atom. The van der Waals surface area contributed by atoms with Crippen LogP contribution in [-0.2, 0) is 27.0 Å². The number of alkyl halides is 3. The van der Waals surface area contributed by atoms with Crippen LogP contribution in [0.25, 0.3) is 22.2 Å². The van der Waals surface area contributed by atoms with E-state index in [0.29, 0.717) is 49.1 Å². The zero-order chi connectivity index (χ0) is 28.6. The molecule has 6 rings (SSSR count). The summed E-state index contributed by atoms with van der Waals surface area (Å²) in [6.07, 6.45) is 1.78. The van der Waals surface area contributed by atoms with Crippen LogP contribution >= 0.6 is 0 Å². The Balaban J connectivity index is 1.23. The standard InChI is InChI=1S/C28H26F3N7O3/c29-28(30,31)21-3-4-23(22(14-21)20-15-33-27(34-16-20)35-10-12-41-13-11-35)38-9-8-36(18-25(38)40)24(39)17-37-7-5-19-2-1-6-32-26(19)37/h1-7,14-16H,8-13,17-18H2. The number of rotatable bonds is 5. The van der Waals surface area contributed by atoms with Gasteiger partial charge in [-0.2, -0.15) is 13.2 Å². The number of aromatic nitrogens is 4. The first-order valence-electron chi connectivity index (χ1n) is 13.1. The van der Waals surface area contributed by atoms with E-state index >= 15 is 0 Å². The topological polar surface area (TPSA) is 96.7 Å². The van der Waals surface area contributed by atoms with Crippen molar-refractivity contribution in [2.24, 2.45) is 0 Å². The number of nitrogens with zero attached hydrogens (tertiary/aromatic N) is 7. The lowest BCUT2D eigenvalue weighted by Gasteiger charge is -2.35. The maximum absolute atomic E-state index is 13.7. The summed E-state index contributed by atoms with van der Waals surface area (Å²) >= 11 is 0. The van der Waals surface area contributed by atoms with E-state index in [0.717, 1.165) is 17.5 Å². The van der Waals surface area contributed by atoms with Crippen molar-refractivity contribution in [3.05, 3.63) is 66.7 Å². The van der Waals surface area contributed by atoms with E-state index in [1.54, 1.807) is 17.0 Å². The Morgan fingerprint density at radius 3 is 2.49 bits per heavy atom. The SMILES string of the molecule is O=C(Cn1ccc2cccnc21)N1CCN(c2ccc(C(F)(F)F)cc2-c2cnc(N3CCOCC3)nc2)C(=O)C1. The maximum atomic E-state index is 13.7. The molecule has 0 atom stereocenters. The fraction of sp³-hybridized carbons (Fsp3) is 0.321. The molecule has 3 aromatic heterocycles. The van der Waals surface area contributed by atoms with Gasteiger partial charge in [-0.1, -0.05) is 0 Å². The van der Waals surface area contributed by atoms with Crippen molar-refractivity contribution in [3.63, 3.8) is 0 Å². The van der Waals surface area contributed by atoms with Gasteiger partial charge in [-0.15, -0.1) is 0 Å². The molecule has 0 unspecified atom stereocenters. The van der Waals surface area contributed by atoms with Crippen LogP contribution in [0, 0.1) is 0 Å². The molecule has 0 N–H and O–H groups in total. The first-order valence-corrected chi connectivity index (χ1v) is 13.1. The minimum absolute atomic E-state index is 0.0200. The number of pyridine rings is 1. The molecule has 2 fully saturated rings. The number of amides is 2. The number of fused-ring (bicyclic) bond motifs is 1. The smallest absolute Gasteiger partial charge is 0.378 e. The van der Waals surface area contributed by atoms with Gasteiger partial charge in [0, 0.05) is 67.5 Å². The molecule has 10 nitrogen and oxygen atoms in total. The lowest BCUT2D eigenvalue weighted by atomic mass is 10.0. The van der Waals surface area contributed by atoms with E-state index in [4.69, 9.17) is 4.74 Å². The highest BCUT2D eigenvalue weighted by molar-refractivity contribution is 6.01. The monoisotopic (exact) mass is 565 g/mol. The molecule has 4 aromatic rings. The molecule has 13 heteroatoms. The van der Waals surface area contributed by atoms with Crippen molar-refractivity contribution in [2.45, 2.75) is 12.7 Å². The van der Waals surface area contributed by atoms with Gasteiger partial charge in [0.2, 0.25) is 17.8 Å². The number of piperazine rings is 1.